The molecule has 7 heteroatoms. The van der Waals surface area contributed by atoms with Crippen LogP contribution in [-0.4, -0.2) is 27.8 Å². The van der Waals surface area contributed by atoms with Gasteiger partial charge in [-0.05, 0) is 45.0 Å². The summed E-state index contributed by atoms with van der Waals surface area (Å²) >= 11 is 0. The van der Waals surface area contributed by atoms with Gasteiger partial charge in [-0.25, -0.2) is 9.48 Å². The minimum Gasteiger partial charge on any atom is -0.467 e. The summed E-state index contributed by atoms with van der Waals surface area (Å²) in [5, 5.41) is 7.10. The zero-order chi connectivity index (χ0) is 19.4. The molecule has 0 aliphatic carbocycles. The highest BCUT2D eigenvalue weighted by atomic mass is 16.5. The van der Waals surface area contributed by atoms with E-state index in [9.17, 15) is 9.59 Å². The molecule has 0 bridgehead atoms. The zero-order valence-corrected chi connectivity index (χ0v) is 15.4. The van der Waals surface area contributed by atoms with Crippen molar-refractivity contribution < 1.29 is 18.7 Å². The van der Waals surface area contributed by atoms with Crippen molar-refractivity contribution in [1.82, 2.24) is 15.1 Å². The number of carbonyl (C=O) groups excluding carboxylic acids is 2. The Kier molecular flexibility index (Phi) is 5.40. The number of nitrogens with zero attached hydrogens (tertiary/aromatic N) is 2. The molecule has 1 atom stereocenters. The number of esters is 1. The number of furan rings is 1. The highest BCUT2D eigenvalue weighted by molar-refractivity contribution is 5.94. The number of nitrogens with one attached hydrogen (secondary N) is 1. The summed E-state index contributed by atoms with van der Waals surface area (Å²) in [6.45, 7) is 5.30. The number of aromatic nitrogens is 2. The van der Waals surface area contributed by atoms with Crippen molar-refractivity contribution in [1.29, 1.82) is 0 Å². The maximum Gasteiger partial charge on any atom is 0.342 e. The van der Waals surface area contributed by atoms with E-state index in [1.165, 1.54) is 13.2 Å². The van der Waals surface area contributed by atoms with Gasteiger partial charge in [-0.3, -0.25) is 4.79 Å². The van der Waals surface area contributed by atoms with Crippen LogP contribution in [0.4, 0.5) is 0 Å². The Labute approximate surface area is 156 Å². The molecule has 140 valence electrons. The summed E-state index contributed by atoms with van der Waals surface area (Å²) in [5.74, 6) is -0.351. The van der Waals surface area contributed by atoms with Crippen molar-refractivity contribution in [3.63, 3.8) is 0 Å². The summed E-state index contributed by atoms with van der Waals surface area (Å²) in [4.78, 5) is 24.8. The third kappa shape index (κ3) is 4.08. The quantitative estimate of drug-likeness (QED) is 0.677. The van der Waals surface area contributed by atoms with Gasteiger partial charge in [0.25, 0.3) is 5.91 Å². The molecule has 0 aliphatic heterocycles. The van der Waals surface area contributed by atoms with Gasteiger partial charge < -0.3 is 14.5 Å². The van der Waals surface area contributed by atoms with Crippen LogP contribution >= 0.6 is 0 Å². The van der Waals surface area contributed by atoms with Gasteiger partial charge in [-0.2, -0.15) is 5.10 Å². The Bertz CT molecular complexity index is 930. The van der Waals surface area contributed by atoms with Gasteiger partial charge in [0.15, 0.2) is 6.10 Å². The topological polar surface area (TPSA) is 86.4 Å². The van der Waals surface area contributed by atoms with Crippen LogP contribution in [0.2, 0.25) is 0 Å². The normalized spacial score (nSPS) is 11.8. The minimum atomic E-state index is -0.939. The van der Waals surface area contributed by atoms with Crippen molar-refractivity contribution in [3.05, 3.63) is 71.4 Å². The van der Waals surface area contributed by atoms with Gasteiger partial charge in [0, 0.05) is 0 Å². The second-order valence-electron chi connectivity index (χ2n) is 6.14. The Morgan fingerprint density at radius 2 is 1.93 bits per heavy atom. The summed E-state index contributed by atoms with van der Waals surface area (Å²) in [6, 6.07) is 13.0. The average molecular weight is 367 g/mol. The minimum absolute atomic E-state index is 0.234. The molecule has 1 aromatic carbocycles. The molecule has 0 radical (unpaired) electrons. The van der Waals surface area contributed by atoms with Crippen LogP contribution in [0, 0.1) is 13.8 Å². The highest BCUT2D eigenvalue weighted by Gasteiger charge is 2.25. The van der Waals surface area contributed by atoms with E-state index in [4.69, 9.17) is 9.15 Å². The van der Waals surface area contributed by atoms with Crippen molar-refractivity contribution in [2.45, 2.75) is 33.4 Å². The lowest BCUT2D eigenvalue weighted by molar-refractivity contribution is -0.129. The van der Waals surface area contributed by atoms with Crippen LogP contribution in [0.1, 0.15) is 34.4 Å². The van der Waals surface area contributed by atoms with E-state index in [1.54, 1.807) is 30.7 Å². The SMILES string of the molecule is Cc1nn(-c2ccccc2)c(C)c1C(=O)O[C@H](C)C(=O)NCc1ccco1. The van der Waals surface area contributed by atoms with Gasteiger partial charge in [0.05, 0.1) is 29.9 Å². The average Bonchev–Trinajstić information content (AvgIpc) is 3.28. The van der Waals surface area contributed by atoms with Crippen molar-refractivity contribution in [3.8, 4) is 5.69 Å². The number of rotatable bonds is 6. The number of ether oxygens (including phenoxy) is 1. The number of benzene rings is 1. The molecule has 0 saturated heterocycles. The summed E-state index contributed by atoms with van der Waals surface area (Å²) in [7, 11) is 0. The number of hydrogen-bond donors (Lipinski definition) is 1. The molecule has 7 nitrogen and oxygen atoms in total. The van der Waals surface area contributed by atoms with Gasteiger partial charge in [-0.1, -0.05) is 18.2 Å². The van der Waals surface area contributed by atoms with Gasteiger partial charge >= 0.3 is 5.97 Å². The monoisotopic (exact) mass is 367 g/mol. The summed E-state index contributed by atoms with van der Waals surface area (Å²) in [6.07, 6.45) is 0.590. The van der Waals surface area contributed by atoms with Gasteiger partial charge in [0.2, 0.25) is 0 Å². The first-order valence-electron chi connectivity index (χ1n) is 8.60. The molecule has 2 aromatic heterocycles. The molecular formula is C20H21N3O4. The Balaban J connectivity index is 1.68. The Hall–Kier alpha value is -3.35. The van der Waals surface area contributed by atoms with E-state index >= 15 is 0 Å². The van der Waals surface area contributed by atoms with Crippen molar-refractivity contribution in [2.75, 3.05) is 0 Å². The first kappa shape index (κ1) is 18.4. The number of hydrogen-bond acceptors (Lipinski definition) is 5. The standard InChI is InChI=1S/C20H21N3O4/c1-13-18(14(2)23(22-13)16-8-5-4-6-9-16)20(25)27-15(3)19(24)21-12-17-10-7-11-26-17/h4-11,15H,12H2,1-3H3,(H,21,24)/t15-/m1/s1. The zero-order valence-electron chi connectivity index (χ0n) is 15.4. The summed E-state index contributed by atoms with van der Waals surface area (Å²) in [5.41, 5.74) is 2.42. The first-order valence-corrected chi connectivity index (χ1v) is 8.60. The molecule has 1 N–H and O–H groups in total. The molecule has 0 unspecified atom stereocenters. The van der Waals surface area contributed by atoms with E-state index in [0.717, 1.165) is 5.69 Å². The maximum absolute atomic E-state index is 12.6. The van der Waals surface area contributed by atoms with Crippen LogP contribution < -0.4 is 5.32 Å². The predicted molar refractivity (Wildman–Crippen MR) is 98.5 cm³/mol. The lowest BCUT2D eigenvalue weighted by Crippen LogP contribution is -2.35. The maximum atomic E-state index is 12.6. The first-order chi connectivity index (χ1) is 13.0. The highest BCUT2D eigenvalue weighted by Crippen LogP contribution is 2.19. The molecule has 27 heavy (non-hydrogen) atoms. The Morgan fingerprint density at radius 1 is 1.19 bits per heavy atom. The molecule has 0 fully saturated rings. The third-order valence-corrected chi connectivity index (χ3v) is 4.17. The van der Waals surface area contributed by atoms with E-state index in [1.807, 2.05) is 30.3 Å². The van der Waals surface area contributed by atoms with E-state index in [0.29, 0.717) is 22.7 Å². The molecular weight excluding hydrogens is 346 g/mol. The number of para-hydroxylation sites is 1. The van der Waals surface area contributed by atoms with E-state index in [2.05, 4.69) is 10.4 Å². The predicted octanol–water partition coefficient (Wildman–Crippen LogP) is 2.94. The number of amides is 1. The number of carbonyl (C=O) groups is 2. The fraction of sp³-hybridized carbons (Fsp3) is 0.250. The molecule has 2 heterocycles. The van der Waals surface area contributed by atoms with Crippen LogP contribution in [0.15, 0.2) is 53.1 Å². The molecule has 0 saturated carbocycles. The fourth-order valence-corrected chi connectivity index (χ4v) is 2.76. The molecule has 0 spiro atoms. The third-order valence-electron chi connectivity index (χ3n) is 4.17. The molecule has 1 amide bonds. The smallest absolute Gasteiger partial charge is 0.342 e. The van der Waals surface area contributed by atoms with Crippen LogP contribution in [0.3, 0.4) is 0 Å². The summed E-state index contributed by atoms with van der Waals surface area (Å²) < 4.78 is 12.2. The Morgan fingerprint density at radius 3 is 2.59 bits per heavy atom. The van der Waals surface area contributed by atoms with E-state index < -0.39 is 18.0 Å². The van der Waals surface area contributed by atoms with Crippen LogP contribution in [0.25, 0.3) is 5.69 Å². The lowest BCUT2D eigenvalue weighted by atomic mass is 10.2. The largest absolute Gasteiger partial charge is 0.467 e. The lowest BCUT2D eigenvalue weighted by Gasteiger charge is -2.13. The number of aryl methyl sites for hydroxylation is 1. The van der Waals surface area contributed by atoms with Crippen LogP contribution in [-0.2, 0) is 16.1 Å². The van der Waals surface area contributed by atoms with Crippen molar-refractivity contribution in [2.24, 2.45) is 0 Å². The fourth-order valence-electron chi connectivity index (χ4n) is 2.76. The molecule has 3 aromatic rings. The molecule has 0 aliphatic rings. The molecule has 3 rings (SSSR count). The van der Waals surface area contributed by atoms with E-state index in [-0.39, 0.29) is 6.54 Å². The second-order valence-corrected chi connectivity index (χ2v) is 6.14. The van der Waals surface area contributed by atoms with Gasteiger partial charge in [0.1, 0.15) is 11.3 Å². The van der Waals surface area contributed by atoms with Crippen molar-refractivity contribution >= 4 is 11.9 Å². The second kappa shape index (κ2) is 7.90. The van der Waals surface area contributed by atoms with Crippen LogP contribution in [0.5, 0.6) is 0 Å². The van der Waals surface area contributed by atoms with Gasteiger partial charge in [-0.15, -0.1) is 0 Å².